The van der Waals surface area contributed by atoms with Crippen molar-refractivity contribution < 1.29 is 0 Å². The number of aromatic nitrogens is 5. The fourth-order valence-corrected chi connectivity index (χ4v) is 5.62. The van der Waals surface area contributed by atoms with Gasteiger partial charge in [-0.25, -0.2) is 15.0 Å². The zero-order chi connectivity index (χ0) is 21.1. The van der Waals surface area contributed by atoms with Crippen LogP contribution in [0.4, 0.5) is 5.82 Å². The predicted molar refractivity (Wildman–Crippen MR) is 126 cm³/mol. The molecule has 0 spiro atoms. The van der Waals surface area contributed by atoms with E-state index in [2.05, 4.69) is 37.3 Å². The van der Waals surface area contributed by atoms with Crippen molar-refractivity contribution >= 4 is 27.8 Å². The Kier molecular flexibility index (Phi) is 4.18. The van der Waals surface area contributed by atoms with Crippen LogP contribution >= 0.6 is 0 Å². The van der Waals surface area contributed by atoms with E-state index in [-0.39, 0.29) is 0 Å². The number of hydrogen-bond acceptors (Lipinski definition) is 6. The van der Waals surface area contributed by atoms with E-state index < -0.39 is 0 Å². The molecular formula is C25H27N7. The first kappa shape index (κ1) is 18.5. The molecule has 4 aromatic heterocycles. The SMILES string of the molecule is c1cc2c(N3CCNC(C4CC4)C3)nc(-c3ccnc4[nH]c5c(c34)CCCC5)nc2cn1. The van der Waals surface area contributed by atoms with E-state index in [1.165, 1.54) is 42.3 Å². The van der Waals surface area contributed by atoms with Crippen LogP contribution in [0.3, 0.4) is 0 Å². The Morgan fingerprint density at radius 1 is 1.03 bits per heavy atom. The van der Waals surface area contributed by atoms with Gasteiger partial charge in [0.2, 0.25) is 0 Å². The molecule has 1 aliphatic heterocycles. The molecule has 2 aliphatic carbocycles. The summed E-state index contributed by atoms with van der Waals surface area (Å²) in [6, 6.07) is 4.70. The van der Waals surface area contributed by atoms with Crippen molar-refractivity contribution in [1.29, 1.82) is 0 Å². The quantitative estimate of drug-likeness (QED) is 0.522. The first-order chi connectivity index (χ1) is 15.8. The summed E-state index contributed by atoms with van der Waals surface area (Å²) >= 11 is 0. The molecule has 7 nitrogen and oxygen atoms in total. The maximum absolute atomic E-state index is 5.21. The fraction of sp³-hybridized carbons (Fsp3) is 0.440. The number of piperazine rings is 1. The van der Waals surface area contributed by atoms with Crippen LogP contribution in [0.2, 0.25) is 0 Å². The zero-order valence-corrected chi connectivity index (χ0v) is 18.1. The molecule has 0 aromatic carbocycles. The number of fused-ring (bicyclic) bond motifs is 4. The minimum atomic E-state index is 0.559. The van der Waals surface area contributed by atoms with E-state index in [0.29, 0.717) is 6.04 Å². The van der Waals surface area contributed by atoms with Crippen LogP contribution in [0.1, 0.15) is 36.9 Å². The van der Waals surface area contributed by atoms with Crippen molar-refractivity contribution in [3.05, 3.63) is 42.0 Å². The van der Waals surface area contributed by atoms with Gasteiger partial charge in [0.1, 0.15) is 11.5 Å². The Hall–Kier alpha value is -3.06. The molecule has 32 heavy (non-hydrogen) atoms. The van der Waals surface area contributed by atoms with Gasteiger partial charge in [0, 0.05) is 60.1 Å². The Morgan fingerprint density at radius 3 is 2.91 bits per heavy atom. The summed E-state index contributed by atoms with van der Waals surface area (Å²) in [6.07, 6.45) is 13.0. The molecule has 1 atom stereocenters. The van der Waals surface area contributed by atoms with Crippen molar-refractivity contribution in [3.8, 4) is 11.4 Å². The standard InChI is InChI=1S/C25H27N7/c1-2-4-19-16(3-1)22-18(8-10-28-24(22)29-19)23-30-20-13-26-9-7-17(20)25(31-23)32-12-11-27-21(14-32)15-5-6-15/h7-10,13,15,21,27H,1-6,11-12,14H2,(H,28,29). The molecule has 2 fully saturated rings. The van der Waals surface area contributed by atoms with Crippen molar-refractivity contribution in [3.63, 3.8) is 0 Å². The van der Waals surface area contributed by atoms with Gasteiger partial charge in [-0.1, -0.05) is 0 Å². The van der Waals surface area contributed by atoms with Crippen molar-refractivity contribution in [2.75, 3.05) is 24.5 Å². The van der Waals surface area contributed by atoms with Gasteiger partial charge in [0.15, 0.2) is 5.82 Å². The highest BCUT2D eigenvalue weighted by atomic mass is 15.3. The molecule has 162 valence electrons. The number of hydrogen-bond donors (Lipinski definition) is 2. The molecule has 1 saturated carbocycles. The van der Waals surface area contributed by atoms with E-state index in [1.807, 2.05) is 18.6 Å². The first-order valence-electron chi connectivity index (χ1n) is 11.9. The highest BCUT2D eigenvalue weighted by Gasteiger charge is 2.35. The lowest BCUT2D eigenvalue weighted by Crippen LogP contribution is -2.52. The van der Waals surface area contributed by atoms with Crippen molar-refractivity contribution in [2.45, 2.75) is 44.6 Å². The van der Waals surface area contributed by atoms with E-state index in [1.54, 1.807) is 0 Å². The van der Waals surface area contributed by atoms with E-state index in [0.717, 1.165) is 72.1 Å². The second-order valence-corrected chi connectivity index (χ2v) is 9.48. The number of nitrogens with one attached hydrogen (secondary N) is 2. The minimum Gasteiger partial charge on any atom is -0.353 e. The Labute approximate surface area is 186 Å². The van der Waals surface area contributed by atoms with Gasteiger partial charge in [-0.15, -0.1) is 0 Å². The summed E-state index contributed by atoms with van der Waals surface area (Å²) < 4.78 is 0. The molecule has 7 heteroatoms. The summed E-state index contributed by atoms with van der Waals surface area (Å²) in [6.45, 7) is 2.96. The van der Waals surface area contributed by atoms with Crippen LogP contribution in [0.15, 0.2) is 30.7 Å². The van der Waals surface area contributed by atoms with E-state index >= 15 is 0 Å². The smallest absolute Gasteiger partial charge is 0.163 e. The number of aryl methyl sites for hydroxylation is 2. The van der Waals surface area contributed by atoms with Gasteiger partial charge in [-0.3, -0.25) is 4.98 Å². The maximum Gasteiger partial charge on any atom is 0.163 e. The van der Waals surface area contributed by atoms with Crippen LogP contribution in [0.25, 0.3) is 33.3 Å². The topological polar surface area (TPSA) is 82.6 Å². The highest BCUT2D eigenvalue weighted by Crippen LogP contribution is 2.37. The molecule has 7 rings (SSSR count). The van der Waals surface area contributed by atoms with Gasteiger partial charge in [0.25, 0.3) is 0 Å². The first-order valence-corrected chi connectivity index (χ1v) is 11.9. The summed E-state index contributed by atoms with van der Waals surface area (Å²) in [4.78, 5) is 25.2. The number of pyridine rings is 2. The minimum absolute atomic E-state index is 0.559. The number of H-pyrrole nitrogens is 1. The van der Waals surface area contributed by atoms with Crippen molar-refractivity contribution in [1.82, 2.24) is 30.2 Å². The zero-order valence-electron chi connectivity index (χ0n) is 18.1. The average Bonchev–Trinajstić information content (AvgIpc) is 3.63. The third kappa shape index (κ3) is 2.98. The summed E-state index contributed by atoms with van der Waals surface area (Å²) in [7, 11) is 0. The van der Waals surface area contributed by atoms with Crippen LogP contribution in [-0.2, 0) is 12.8 Å². The van der Waals surface area contributed by atoms with E-state index in [4.69, 9.17) is 9.97 Å². The molecule has 0 bridgehead atoms. The number of aromatic amines is 1. The molecule has 4 aromatic rings. The van der Waals surface area contributed by atoms with Gasteiger partial charge in [-0.2, -0.15) is 0 Å². The van der Waals surface area contributed by atoms with Crippen LogP contribution in [0, 0.1) is 5.92 Å². The highest BCUT2D eigenvalue weighted by molar-refractivity contribution is 5.97. The molecule has 3 aliphatic rings. The van der Waals surface area contributed by atoms with Gasteiger partial charge in [-0.05, 0) is 62.1 Å². The Bertz CT molecular complexity index is 1320. The summed E-state index contributed by atoms with van der Waals surface area (Å²) in [5.41, 5.74) is 5.69. The fourth-order valence-electron chi connectivity index (χ4n) is 5.62. The van der Waals surface area contributed by atoms with Crippen LogP contribution in [-0.4, -0.2) is 50.6 Å². The lowest BCUT2D eigenvalue weighted by atomic mass is 9.94. The lowest BCUT2D eigenvalue weighted by Gasteiger charge is -2.35. The summed E-state index contributed by atoms with van der Waals surface area (Å²) in [5, 5.41) is 6.01. The van der Waals surface area contributed by atoms with Gasteiger partial charge < -0.3 is 15.2 Å². The van der Waals surface area contributed by atoms with Crippen LogP contribution < -0.4 is 10.2 Å². The Morgan fingerprint density at radius 2 is 1.97 bits per heavy atom. The largest absolute Gasteiger partial charge is 0.353 e. The molecular weight excluding hydrogens is 398 g/mol. The molecule has 0 radical (unpaired) electrons. The molecule has 0 amide bonds. The van der Waals surface area contributed by atoms with Gasteiger partial charge >= 0.3 is 0 Å². The predicted octanol–water partition coefficient (Wildman–Crippen LogP) is 3.64. The number of rotatable bonds is 3. The molecule has 2 N–H and O–H groups in total. The van der Waals surface area contributed by atoms with Gasteiger partial charge in [0.05, 0.1) is 11.7 Å². The van der Waals surface area contributed by atoms with E-state index in [9.17, 15) is 0 Å². The Balaban J connectivity index is 1.40. The van der Waals surface area contributed by atoms with Crippen LogP contribution in [0.5, 0.6) is 0 Å². The normalized spacial score (nSPS) is 21.2. The van der Waals surface area contributed by atoms with Crippen molar-refractivity contribution in [2.24, 2.45) is 5.92 Å². The second-order valence-electron chi connectivity index (χ2n) is 9.48. The summed E-state index contributed by atoms with van der Waals surface area (Å²) in [5.74, 6) is 2.63. The monoisotopic (exact) mass is 425 g/mol. The maximum atomic E-state index is 5.21. The molecule has 1 saturated heterocycles. The third-order valence-corrected chi connectivity index (χ3v) is 7.41. The number of anilines is 1. The molecule has 1 unspecified atom stereocenters. The lowest BCUT2D eigenvalue weighted by molar-refractivity contribution is 0.418. The third-order valence-electron chi connectivity index (χ3n) is 7.41. The average molecular weight is 426 g/mol. The second kappa shape index (κ2) is 7.24. The number of nitrogens with zero attached hydrogens (tertiary/aromatic N) is 5. The molecule has 5 heterocycles.